The summed E-state index contributed by atoms with van der Waals surface area (Å²) in [7, 11) is 3.44. The number of hydrogen-bond donors (Lipinski definition) is 1. The summed E-state index contributed by atoms with van der Waals surface area (Å²) in [5.41, 5.74) is 3.32. The number of methoxy groups -OCH3 is 1. The highest BCUT2D eigenvalue weighted by molar-refractivity contribution is 5.94. The van der Waals surface area contributed by atoms with Crippen LogP contribution in [0.1, 0.15) is 10.5 Å². The van der Waals surface area contributed by atoms with E-state index in [-0.39, 0.29) is 5.91 Å². The number of aromatic nitrogens is 3. The number of carbonyl (C=O) groups excluding carboxylic acids is 1. The SMILES string of the molecule is COCCNC(=O)c1cc(-c2cnc(-c3ccccc3)nc2)cn1C. The molecule has 2 heterocycles. The zero-order chi connectivity index (χ0) is 17.6. The molecule has 1 N–H and O–H groups in total. The van der Waals surface area contributed by atoms with Gasteiger partial charge in [-0.1, -0.05) is 30.3 Å². The minimum atomic E-state index is -0.132. The van der Waals surface area contributed by atoms with Crippen LogP contribution in [0.3, 0.4) is 0 Å². The van der Waals surface area contributed by atoms with Crippen molar-refractivity contribution in [3.63, 3.8) is 0 Å². The van der Waals surface area contributed by atoms with Gasteiger partial charge >= 0.3 is 0 Å². The molecule has 3 rings (SSSR count). The molecule has 2 aromatic heterocycles. The zero-order valence-corrected chi connectivity index (χ0v) is 14.3. The van der Waals surface area contributed by atoms with E-state index in [9.17, 15) is 4.79 Å². The van der Waals surface area contributed by atoms with Crippen LogP contribution < -0.4 is 5.32 Å². The van der Waals surface area contributed by atoms with Crippen LogP contribution in [0.4, 0.5) is 0 Å². The molecule has 0 aliphatic heterocycles. The average molecular weight is 336 g/mol. The summed E-state index contributed by atoms with van der Waals surface area (Å²) in [6.07, 6.45) is 5.45. The molecule has 0 radical (unpaired) electrons. The van der Waals surface area contributed by atoms with Gasteiger partial charge in [0.25, 0.3) is 5.91 Å². The number of ether oxygens (including phenoxy) is 1. The Labute approximate surface area is 146 Å². The van der Waals surface area contributed by atoms with Crippen molar-refractivity contribution in [2.45, 2.75) is 0 Å². The van der Waals surface area contributed by atoms with Crippen LogP contribution >= 0.6 is 0 Å². The quantitative estimate of drug-likeness (QED) is 0.702. The normalized spacial score (nSPS) is 10.6. The number of hydrogen-bond acceptors (Lipinski definition) is 4. The summed E-state index contributed by atoms with van der Waals surface area (Å²) in [5, 5.41) is 2.82. The molecule has 0 aliphatic carbocycles. The molecule has 128 valence electrons. The van der Waals surface area contributed by atoms with Crippen molar-refractivity contribution >= 4 is 5.91 Å². The highest BCUT2D eigenvalue weighted by Crippen LogP contribution is 2.22. The largest absolute Gasteiger partial charge is 0.383 e. The second-order valence-electron chi connectivity index (χ2n) is 5.63. The lowest BCUT2D eigenvalue weighted by molar-refractivity contribution is 0.0929. The third-order valence-corrected chi connectivity index (χ3v) is 3.85. The highest BCUT2D eigenvalue weighted by Gasteiger charge is 2.13. The molecular weight excluding hydrogens is 316 g/mol. The molecule has 6 heteroatoms. The minimum absolute atomic E-state index is 0.132. The highest BCUT2D eigenvalue weighted by atomic mass is 16.5. The first kappa shape index (κ1) is 16.9. The van der Waals surface area contributed by atoms with Crippen LogP contribution in [0.2, 0.25) is 0 Å². The van der Waals surface area contributed by atoms with Crippen molar-refractivity contribution in [3.05, 3.63) is 60.7 Å². The summed E-state index contributed by atoms with van der Waals surface area (Å²) in [6, 6.07) is 11.7. The van der Waals surface area contributed by atoms with Gasteiger partial charge in [-0.05, 0) is 6.07 Å². The van der Waals surface area contributed by atoms with Crippen molar-refractivity contribution in [3.8, 4) is 22.5 Å². The predicted molar refractivity (Wildman–Crippen MR) is 96.1 cm³/mol. The fraction of sp³-hybridized carbons (Fsp3) is 0.211. The van der Waals surface area contributed by atoms with E-state index in [1.165, 1.54) is 0 Å². The molecule has 0 unspecified atom stereocenters. The predicted octanol–water partition coefficient (Wildman–Crippen LogP) is 2.53. The molecule has 0 saturated heterocycles. The molecule has 0 atom stereocenters. The van der Waals surface area contributed by atoms with Crippen LogP contribution in [0.5, 0.6) is 0 Å². The Balaban J connectivity index is 1.78. The van der Waals surface area contributed by atoms with E-state index in [0.717, 1.165) is 16.7 Å². The number of benzene rings is 1. The van der Waals surface area contributed by atoms with E-state index >= 15 is 0 Å². The maximum atomic E-state index is 12.2. The van der Waals surface area contributed by atoms with Crippen LogP contribution in [-0.2, 0) is 11.8 Å². The Kier molecular flexibility index (Phi) is 5.20. The zero-order valence-electron chi connectivity index (χ0n) is 14.3. The van der Waals surface area contributed by atoms with E-state index in [4.69, 9.17) is 4.74 Å². The number of rotatable bonds is 6. The molecule has 0 bridgehead atoms. The molecule has 3 aromatic rings. The summed E-state index contributed by atoms with van der Waals surface area (Å²) in [6.45, 7) is 0.961. The number of nitrogens with one attached hydrogen (secondary N) is 1. The summed E-state index contributed by atoms with van der Waals surface area (Å²) in [5.74, 6) is 0.547. The molecule has 1 amide bonds. The van der Waals surface area contributed by atoms with Gasteiger partial charge in [0, 0.05) is 56.0 Å². The van der Waals surface area contributed by atoms with Crippen LogP contribution in [-0.4, -0.2) is 40.7 Å². The molecule has 0 aliphatic rings. The van der Waals surface area contributed by atoms with Crippen molar-refractivity contribution in [2.24, 2.45) is 7.05 Å². The van der Waals surface area contributed by atoms with E-state index in [1.807, 2.05) is 49.6 Å². The maximum absolute atomic E-state index is 12.2. The Hall–Kier alpha value is -2.99. The van der Waals surface area contributed by atoms with Gasteiger partial charge in [0.15, 0.2) is 5.82 Å². The Morgan fingerprint density at radius 2 is 1.84 bits per heavy atom. The number of nitrogens with zero attached hydrogens (tertiary/aromatic N) is 3. The van der Waals surface area contributed by atoms with Crippen molar-refractivity contribution in [2.75, 3.05) is 20.3 Å². The average Bonchev–Trinajstić information content (AvgIpc) is 3.04. The standard InChI is InChI=1S/C19H20N4O2/c1-23-13-15(10-17(23)19(24)20-8-9-25-2)16-11-21-18(22-12-16)14-6-4-3-5-7-14/h3-7,10-13H,8-9H2,1-2H3,(H,20,24). The lowest BCUT2D eigenvalue weighted by atomic mass is 10.1. The molecule has 0 saturated carbocycles. The van der Waals surface area contributed by atoms with Gasteiger partial charge in [0.1, 0.15) is 5.69 Å². The number of carbonyl (C=O) groups is 1. The fourth-order valence-electron chi connectivity index (χ4n) is 2.52. The van der Waals surface area contributed by atoms with Crippen molar-refractivity contribution < 1.29 is 9.53 Å². The smallest absolute Gasteiger partial charge is 0.267 e. The van der Waals surface area contributed by atoms with Gasteiger partial charge < -0.3 is 14.6 Å². The molecule has 1 aromatic carbocycles. The first-order valence-electron chi connectivity index (χ1n) is 8.00. The second-order valence-corrected chi connectivity index (χ2v) is 5.63. The maximum Gasteiger partial charge on any atom is 0.267 e. The molecule has 0 spiro atoms. The van der Waals surface area contributed by atoms with Crippen LogP contribution in [0, 0.1) is 0 Å². The summed E-state index contributed by atoms with van der Waals surface area (Å²) in [4.78, 5) is 21.1. The lowest BCUT2D eigenvalue weighted by Gasteiger charge is -2.04. The lowest BCUT2D eigenvalue weighted by Crippen LogP contribution is -2.28. The van der Waals surface area contributed by atoms with Crippen LogP contribution in [0.15, 0.2) is 55.0 Å². The Bertz CT molecular complexity index is 842. The molecule has 6 nitrogen and oxygen atoms in total. The minimum Gasteiger partial charge on any atom is -0.383 e. The monoisotopic (exact) mass is 336 g/mol. The third-order valence-electron chi connectivity index (χ3n) is 3.85. The second kappa shape index (κ2) is 7.72. The van der Waals surface area contributed by atoms with Gasteiger partial charge in [-0.25, -0.2) is 9.97 Å². The molecule has 25 heavy (non-hydrogen) atoms. The first-order chi connectivity index (χ1) is 12.2. The topological polar surface area (TPSA) is 69.0 Å². The number of amides is 1. The van der Waals surface area contributed by atoms with Gasteiger partial charge in [-0.3, -0.25) is 4.79 Å². The van der Waals surface area contributed by atoms with E-state index in [0.29, 0.717) is 24.7 Å². The first-order valence-corrected chi connectivity index (χ1v) is 8.00. The Morgan fingerprint density at radius 3 is 2.52 bits per heavy atom. The van der Waals surface area contributed by atoms with Crippen molar-refractivity contribution in [1.29, 1.82) is 0 Å². The summed E-state index contributed by atoms with van der Waals surface area (Å²) >= 11 is 0. The van der Waals surface area contributed by atoms with Gasteiger partial charge in [0.05, 0.1) is 6.61 Å². The van der Waals surface area contributed by atoms with Gasteiger partial charge in [0.2, 0.25) is 0 Å². The Morgan fingerprint density at radius 1 is 1.12 bits per heavy atom. The van der Waals surface area contributed by atoms with Crippen molar-refractivity contribution in [1.82, 2.24) is 19.9 Å². The van der Waals surface area contributed by atoms with Gasteiger partial charge in [-0.2, -0.15) is 0 Å². The van der Waals surface area contributed by atoms with E-state index in [1.54, 1.807) is 24.1 Å². The molecule has 0 fully saturated rings. The van der Waals surface area contributed by atoms with Crippen LogP contribution in [0.25, 0.3) is 22.5 Å². The van der Waals surface area contributed by atoms with Gasteiger partial charge in [-0.15, -0.1) is 0 Å². The van der Waals surface area contributed by atoms with E-state index < -0.39 is 0 Å². The fourth-order valence-corrected chi connectivity index (χ4v) is 2.52. The number of aryl methyl sites for hydroxylation is 1. The van der Waals surface area contributed by atoms with E-state index in [2.05, 4.69) is 15.3 Å². The molecular formula is C19H20N4O2. The third kappa shape index (κ3) is 3.92. The summed E-state index contributed by atoms with van der Waals surface area (Å²) < 4.78 is 6.74.